The van der Waals surface area contributed by atoms with Gasteiger partial charge in [0.15, 0.2) is 0 Å². The van der Waals surface area contributed by atoms with Gasteiger partial charge in [0.2, 0.25) is 11.8 Å². The molecule has 1 aromatic heterocycles. The Kier molecular flexibility index (Phi) is 7.19. The maximum atomic E-state index is 12.2. The van der Waals surface area contributed by atoms with Crippen LogP contribution >= 0.6 is 11.8 Å². The molecule has 3 aromatic rings. The molecule has 2 amide bonds. The van der Waals surface area contributed by atoms with Crippen molar-refractivity contribution < 1.29 is 14.3 Å². The summed E-state index contributed by atoms with van der Waals surface area (Å²) in [5.74, 6) is 0.835. The Morgan fingerprint density at radius 2 is 1.27 bits per heavy atom. The number of thioether (sulfide) groups is 1. The number of aromatic nitrogens is 1. The lowest BCUT2D eigenvalue weighted by atomic mass is 10.2. The average Bonchev–Trinajstić information content (AvgIpc) is 3.07. The van der Waals surface area contributed by atoms with Crippen molar-refractivity contribution in [1.29, 1.82) is 0 Å². The first-order valence-corrected chi connectivity index (χ1v) is 10.7. The number of anilines is 2. The normalized spacial score (nSPS) is 10.5. The van der Waals surface area contributed by atoms with Gasteiger partial charge in [-0.05, 0) is 74.5 Å². The number of aryl methyl sites for hydroxylation is 2. The van der Waals surface area contributed by atoms with Crippen LogP contribution in [-0.4, -0.2) is 35.0 Å². The predicted molar refractivity (Wildman–Crippen MR) is 123 cm³/mol. The van der Waals surface area contributed by atoms with Crippen molar-refractivity contribution in [2.24, 2.45) is 0 Å². The molecule has 0 atom stereocenters. The first-order chi connectivity index (χ1) is 14.5. The van der Waals surface area contributed by atoms with Gasteiger partial charge in [-0.1, -0.05) is 0 Å². The minimum absolute atomic E-state index is 0.140. The third-order valence-corrected chi connectivity index (χ3v) is 5.45. The molecule has 0 spiro atoms. The van der Waals surface area contributed by atoms with Crippen LogP contribution in [0.2, 0.25) is 0 Å². The van der Waals surface area contributed by atoms with Crippen LogP contribution in [0.3, 0.4) is 0 Å². The van der Waals surface area contributed by atoms with E-state index < -0.39 is 0 Å². The number of benzene rings is 2. The quantitative estimate of drug-likeness (QED) is 0.563. The Morgan fingerprint density at radius 3 is 1.73 bits per heavy atom. The Morgan fingerprint density at radius 1 is 0.800 bits per heavy atom. The molecule has 0 unspecified atom stereocenters. The summed E-state index contributed by atoms with van der Waals surface area (Å²) in [5.41, 5.74) is 4.80. The van der Waals surface area contributed by atoms with Gasteiger partial charge in [0.25, 0.3) is 0 Å². The van der Waals surface area contributed by atoms with Gasteiger partial charge in [-0.15, -0.1) is 11.8 Å². The molecule has 0 aliphatic heterocycles. The van der Waals surface area contributed by atoms with Crippen molar-refractivity contribution in [2.75, 3.05) is 29.2 Å². The maximum Gasteiger partial charge on any atom is 0.234 e. The molecule has 0 radical (unpaired) electrons. The van der Waals surface area contributed by atoms with Gasteiger partial charge < -0.3 is 19.9 Å². The fourth-order valence-electron chi connectivity index (χ4n) is 3.07. The van der Waals surface area contributed by atoms with E-state index in [1.165, 1.54) is 11.8 Å². The van der Waals surface area contributed by atoms with Crippen LogP contribution < -0.4 is 15.4 Å². The topological polar surface area (TPSA) is 72.4 Å². The second-order valence-corrected chi connectivity index (χ2v) is 7.80. The molecule has 156 valence electrons. The molecular weight excluding hydrogens is 398 g/mol. The average molecular weight is 424 g/mol. The molecule has 0 aliphatic carbocycles. The summed E-state index contributed by atoms with van der Waals surface area (Å²) in [4.78, 5) is 24.2. The number of nitrogens with one attached hydrogen (secondary N) is 2. The highest BCUT2D eigenvalue weighted by Gasteiger charge is 2.08. The van der Waals surface area contributed by atoms with Crippen molar-refractivity contribution in [2.45, 2.75) is 13.8 Å². The van der Waals surface area contributed by atoms with E-state index in [1.54, 1.807) is 31.4 Å². The Hall–Kier alpha value is -3.19. The van der Waals surface area contributed by atoms with Crippen molar-refractivity contribution >= 4 is 35.0 Å². The molecule has 0 bridgehead atoms. The smallest absolute Gasteiger partial charge is 0.234 e. The van der Waals surface area contributed by atoms with Gasteiger partial charge in [-0.25, -0.2) is 0 Å². The van der Waals surface area contributed by atoms with E-state index in [4.69, 9.17) is 4.74 Å². The number of amides is 2. The summed E-state index contributed by atoms with van der Waals surface area (Å²) >= 11 is 1.27. The zero-order chi connectivity index (χ0) is 21.5. The number of hydrogen-bond donors (Lipinski definition) is 2. The minimum atomic E-state index is -0.153. The minimum Gasteiger partial charge on any atom is -0.497 e. The van der Waals surface area contributed by atoms with Gasteiger partial charge in [0.1, 0.15) is 5.75 Å². The fourth-order valence-corrected chi connectivity index (χ4v) is 3.69. The van der Waals surface area contributed by atoms with Crippen molar-refractivity contribution in [1.82, 2.24) is 4.57 Å². The fraction of sp³-hybridized carbons (Fsp3) is 0.217. The maximum absolute atomic E-state index is 12.2. The van der Waals surface area contributed by atoms with Crippen molar-refractivity contribution in [3.63, 3.8) is 0 Å². The molecule has 0 saturated carbocycles. The molecule has 30 heavy (non-hydrogen) atoms. The number of hydrogen-bond acceptors (Lipinski definition) is 4. The molecule has 3 rings (SSSR count). The van der Waals surface area contributed by atoms with E-state index in [0.29, 0.717) is 5.69 Å². The summed E-state index contributed by atoms with van der Waals surface area (Å²) in [6, 6.07) is 19.0. The van der Waals surface area contributed by atoms with Crippen molar-refractivity contribution in [3.8, 4) is 11.4 Å². The molecule has 7 heteroatoms. The summed E-state index contributed by atoms with van der Waals surface area (Å²) in [5, 5.41) is 5.66. The Balaban J connectivity index is 1.43. The monoisotopic (exact) mass is 423 g/mol. The first-order valence-electron chi connectivity index (χ1n) is 9.53. The molecule has 0 aliphatic rings. The van der Waals surface area contributed by atoms with Crippen LogP contribution in [0.4, 0.5) is 11.4 Å². The predicted octanol–water partition coefficient (Wildman–Crippen LogP) is 4.41. The molecular formula is C23H25N3O3S. The van der Waals surface area contributed by atoms with Crippen LogP contribution in [0.1, 0.15) is 11.4 Å². The van der Waals surface area contributed by atoms with Crippen LogP contribution in [0.25, 0.3) is 5.69 Å². The number of carbonyl (C=O) groups is 2. The molecule has 2 N–H and O–H groups in total. The Bertz CT molecular complexity index is 992. The molecule has 6 nitrogen and oxygen atoms in total. The summed E-state index contributed by atoms with van der Waals surface area (Å²) in [6.07, 6.45) is 0. The van der Waals surface area contributed by atoms with E-state index in [2.05, 4.69) is 41.2 Å². The molecule has 1 heterocycles. The van der Waals surface area contributed by atoms with E-state index in [1.807, 2.05) is 24.3 Å². The lowest BCUT2D eigenvalue weighted by Crippen LogP contribution is -2.18. The van der Waals surface area contributed by atoms with Crippen LogP contribution in [0.5, 0.6) is 5.75 Å². The second-order valence-electron chi connectivity index (χ2n) is 6.82. The van der Waals surface area contributed by atoms with Crippen LogP contribution in [0.15, 0.2) is 60.7 Å². The number of methoxy groups -OCH3 is 1. The van der Waals surface area contributed by atoms with Crippen LogP contribution in [0, 0.1) is 13.8 Å². The van der Waals surface area contributed by atoms with Crippen LogP contribution in [-0.2, 0) is 9.59 Å². The summed E-state index contributed by atoms with van der Waals surface area (Å²) in [6.45, 7) is 4.12. The van der Waals surface area contributed by atoms with E-state index in [9.17, 15) is 9.59 Å². The standard InChI is InChI=1S/C23H25N3O3S/c1-16-4-5-17(2)26(16)20-10-6-18(7-11-20)24-22(27)14-30-15-23(28)25-19-8-12-21(29-3)13-9-19/h4-13H,14-15H2,1-3H3,(H,24,27)(H,25,28). The third kappa shape index (κ3) is 5.67. The zero-order valence-electron chi connectivity index (χ0n) is 17.3. The highest BCUT2D eigenvalue weighted by molar-refractivity contribution is 8.00. The van der Waals surface area contributed by atoms with Crippen molar-refractivity contribution in [3.05, 3.63) is 72.1 Å². The SMILES string of the molecule is COc1ccc(NC(=O)CSCC(=O)Nc2ccc(-n3c(C)ccc3C)cc2)cc1. The Labute approximate surface area is 180 Å². The number of ether oxygens (including phenoxy) is 1. The second kappa shape index (κ2) is 10.0. The van der Waals surface area contributed by atoms with Gasteiger partial charge in [0.05, 0.1) is 18.6 Å². The van der Waals surface area contributed by atoms with Gasteiger partial charge in [-0.3, -0.25) is 9.59 Å². The summed E-state index contributed by atoms with van der Waals surface area (Å²) in [7, 11) is 1.59. The number of rotatable bonds is 8. The lowest BCUT2D eigenvalue weighted by molar-refractivity contribution is -0.114. The van der Waals surface area contributed by atoms with E-state index in [-0.39, 0.29) is 23.3 Å². The highest BCUT2D eigenvalue weighted by Crippen LogP contribution is 2.19. The highest BCUT2D eigenvalue weighted by atomic mass is 32.2. The molecule has 0 fully saturated rings. The first kappa shape index (κ1) is 21.5. The summed E-state index contributed by atoms with van der Waals surface area (Å²) < 4.78 is 7.24. The van der Waals surface area contributed by atoms with E-state index in [0.717, 1.165) is 28.5 Å². The number of nitrogens with zero attached hydrogens (tertiary/aromatic N) is 1. The van der Waals surface area contributed by atoms with Gasteiger partial charge in [0, 0.05) is 28.5 Å². The number of carbonyl (C=O) groups excluding carboxylic acids is 2. The van der Waals surface area contributed by atoms with Gasteiger partial charge in [-0.2, -0.15) is 0 Å². The molecule has 0 saturated heterocycles. The molecule has 2 aromatic carbocycles. The zero-order valence-corrected chi connectivity index (χ0v) is 18.1. The van der Waals surface area contributed by atoms with E-state index >= 15 is 0 Å². The third-order valence-electron chi connectivity index (χ3n) is 4.52. The van der Waals surface area contributed by atoms with Gasteiger partial charge >= 0.3 is 0 Å². The lowest BCUT2D eigenvalue weighted by Gasteiger charge is -2.11. The largest absolute Gasteiger partial charge is 0.497 e.